The molecule has 6 atom stereocenters. The van der Waals surface area contributed by atoms with Crippen LogP contribution in [0.15, 0.2) is 12.2 Å². The third kappa shape index (κ3) is 7.52. The number of nitrogens with zero attached hydrogens (tertiary/aromatic N) is 2. The number of nitrogens with one attached hydrogen (secondary N) is 5. The molecule has 13 nitrogen and oxygen atoms in total. The van der Waals surface area contributed by atoms with Gasteiger partial charge in [0.05, 0.1) is 12.2 Å². The topological polar surface area (TPSA) is 164 Å². The van der Waals surface area contributed by atoms with Gasteiger partial charge in [-0.05, 0) is 84.5 Å². The van der Waals surface area contributed by atoms with Crippen LogP contribution in [0.4, 0.5) is 9.18 Å². The number of halogens is 1. The zero-order valence-electron chi connectivity index (χ0n) is 25.9. The fourth-order valence-corrected chi connectivity index (χ4v) is 6.90. The van der Waals surface area contributed by atoms with Crippen molar-refractivity contribution < 1.29 is 33.4 Å². The van der Waals surface area contributed by atoms with Crippen molar-refractivity contribution in [1.82, 2.24) is 37.0 Å². The van der Waals surface area contributed by atoms with Gasteiger partial charge in [-0.3, -0.25) is 9.59 Å². The van der Waals surface area contributed by atoms with Crippen molar-refractivity contribution in [3.05, 3.63) is 12.2 Å². The molecule has 2 saturated heterocycles. The highest BCUT2D eigenvalue weighted by Crippen LogP contribution is 2.45. The normalized spacial score (nSPS) is 38.0. The Morgan fingerprint density at radius 3 is 2.57 bits per heavy atom. The number of hydrogen-bond donors (Lipinski definition) is 6. The molecule has 0 aromatic heterocycles. The molecule has 0 radical (unpaired) electrons. The van der Waals surface area contributed by atoms with Gasteiger partial charge in [0.1, 0.15) is 29.4 Å². The van der Waals surface area contributed by atoms with Crippen LogP contribution in [0.2, 0.25) is 0 Å². The van der Waals surface area contributed by atoms with Crippen molar-refractivity contribution in [3.8, 4) is 0 Å². The number of rotatable bonds is 4. The van der Waals surface area contributed by atoms with Crippen LogP contribution in [0.25, 0.3) is 0 Å². The number of alkyl carbamates (subject to hydrolysis) is 1. The van der Waals surface area contributed by atoms with Crippen LogP contribution in [0.5, 0.6) is 0 Å². The van der Waals surface area contributed by atoms with Crippen LogP contribution < -0.4 is 27.0 Å². The van der Waals surface area contributed by atoms with Gasteiger partial charge in [0.25, 0.3) is 0 Å². The molecule has 4 fully saturated rings. The van der Waals surface area contributed by atoms with Crippen LogP contribution >= 0.6 is 0 Å². The quantitative estimate of drug-likeness (QED) is 0.256. The van der Waals surface area contributed by atoms with Crippen molar-refractivity contribution in [2.45, 2.75) is 133 Å². The largest absolute Gasteiger partial charge is 0.479 e. The Hall–Kier alpha value is -2.81. The Morgan fingerprint density at radius 2 is 1.86 bits per heavy atom. The summed E-state index contributed by atoms with van der Waals surface area (Å²) in [5.41, 5.74) is 7.58. The maximum atomic E-state index is 14.2. The van der Waals surface area contributed by atoms with E-state index in [1.54, 1.807) is 25.9 Å². The molecule has 3 aliphatic heterocycles. The lowest BCUT2D eigenvalue weighted by molar-refractivity contribution is -0.145. The van der Waals surface area contributed by atoms with E-state index in [0.717, 1.165) is 32.1 Å². The summed E-state index contributed by atoms with van der Waals surface area (Å²) >= 11 is 0. The van der Waals surface area contributed by atoms with E-state index in [1.807, 2.05) is 12.2 Å². The Bertz CT molecular complexity index is 1130. The van der Waals surface area contributed by atoms with Gasteiger partial charge in [-0.25, -0.2) is 24.8 Å². The number of alkyl halides is 1. The van der Waals surface area contributed by atoms with Crippen molar-refractivity contribution in [1.29, 1.82) is 0 Å². The van der Waals surface area contributed by atoms with Crippen LogP contribution in [0.3, 0.4) is 0 Å². The smallest absolute Gasteiger partial charge is 0.408 e. The number of hydrogen-bond acceptors (Lipinski definition) is 9. The van der Waals surface area contributed by atoms with Crippen molar-refractivity contribution >= 4 is 23.9 Å². The molecule has 1 unspecified atom stereocenters. The molecule has 14 heteroatoms. The third-order valence-corrected chi connectivity index (χ3v) is 9.49. The van der Waals surface area contributed by atoms with Crippen LogP contribution in [0, 0.1) is 11.8 Å². The first-order valence-electron chi connectivity index (χ1n) is 16.1. The van der Waals surface area contributed by atoms with Crippen LogP contribution in [-0.4, -0.2) is 87.1 Å². The summed E-state index contributed by atoms with van der Waals surface area (Å²) in [6, 6.07) is -2.21. The van der Waals surface area contributed by atoms with E-state index >= 15 is 0 Å². The number of allylic oxidation sites excluding steroid dienone is 1. The van der Waals surface area contributed by atoms with Gasteiger partial charge in [-0.2, -0.15) is 10.7 Å². The minimum atomic E-state index is -1.40. The second kappa shape index (κ2) is 13.3. The Kier molecular flexibility index (Phi) is 9.83. The first kappa shape index (κ1) is 32.6. The van der Waals surface area contributed by atoms with Crippen molar-refractivity contribution in [2.24, 2.45) is 11.8 Å². The number of ether oxygens (including phenoxy) is 1. The number of carboxylic acid groups (broad SMARTS) is 1. The van der Waals surface area contributed by atoms with Gasteiger partial charge in [0.2, 0.25) is 11.8 Å². The number of carbonyl (C=O) groups excluding carboxylic acids is 3. The summed E-state index contributed by atoms with van der Waals surface area (Å²) in [6.45, 7) is 5.40. The van der Waals surface area contributed by atoms with Crippen molar-refractivity contribution in [2.75, 3.05) is 6.54 Å². The molecule has 2 aliphatic carbocycles. The van der Waals surface area contributed by atoms with E-state index in [0.29, 0.717) is 32.1 Å². The molecule has 0 aromatic carbocycles. The van der Waals surface area contributed by atoms with Crippen LogP contribution in [-0.2, 0) is 19.1 Å². The van der Waals surface area contributed by atoms with E-state index in [2.05, 4.69) is 27.0 Å². The monoisotopic (exact) mass is 621 g/mol. The third-order valence-electron chi connectivity index (χ3n) is 9.49. The van der Waals surface area contributed by atoms with Gasteiger partial charge in [0.15, 0.2) is 0 Å². The standard InChI is InChI=1S/C30H48FN7O6/c1-29(2,3)44-28(43)32-22-10-8-6-4-5-7-9-19-16-30(19,27(41)42)33-25(39)23-15-21(17-37(23)26(22)40)38-35-24(34-36-38)18-11-13-20(31)14-12-18/h7,9,18-24,34-36H,4-6,8,10-17H2,1-3H3,(H,32,43)(H,33,39)(H,41,42)/b9-7-/t18?,19-,20?,21+,22-,23+,24?,30+/m1/s1. The van der Waals surface area contributed by atoms with E-state index < -0.39 is 53.3 Å². The lowest BCUT2D eigenvalue weighted by atomic mass is 9.86. The van der Waals surface area contributed by atoms with E-state index in [4.69, 9.17) is 4.74 Å². The second-order valence-electron chi connectivity index (χ2n) is 14.0. The number of aliphatic carboxylic acids is 1. The zero-order valence-corrected chi connectivity index (χ0v) is 25.9. The summed E-state index contributed by atoms with van der Waals surface area (Å²) in [5, 5.41) is 17.4. The summed E-state index contributed by atoms with van der Waals surface area (Å²) in [4.78, 5) is 54.6. The molecule has 3 heterocycles. The maximum Gasteiger partial charge on any atom is 0.408 e. The molecule has 3 amide bonds. The fourth-order valence-electron chi connectivity index (χ4n) is 6.90. The number of hydrazine groups is 3. The van der Waals surface area contributed by atoms with Gasteiger partial charge in [-0.15, -0.1) is 0 Å². The highest BCUT2D eigenvalue weighted by atomic mass is 19.1. The fraction of sp³-hybridized carbons (Fsp3) is 0.800. The Labute approximate surface area is 258 Å². The molecule has 0 spiro atoms. The van der Waals surface area contributed by atoms with Gasteiger partial charge in [-0.1, -0.05) is 25.0 Å². The first-order chi connectivity index (χ1) is 20.9. The van der Waals surface area contributed by atoms with Gasteiger partial charge < -0.3 is 25.4 Å². The van der Waals surface area contributed by atoms with Gasteiger partial charge in [0, 0.05) is 12.5 Å². The van der Waals surface area contributed by atoms with Crippen LogP contribution in [0.1, 0.15) is 91.4 Å². The van der Waals surface area contributed by atoms with E-state index in [1.165, 1.54) is 4.90 Å². The zero-order chi connectivity index (χ0) is 31.6. The number of carboxylic acids is 1. The number of fused-ring (bicyclic) bond motifs is 2. The first-order valence-corrected chi connectivity index (χ1v) is 16.1. The van der Waals surface area contributed by atoms with E-state index in [-0.39, 0.29) is 37.0 Å². The van der Waals surface area contributed by atoms with E-state index in [9.17, 15) is 28.7 Å². The lowest BCUT2D eigenvalue weighted by Crippen LogP contribution is -2.56. The summed E-state index contributed by atoms with van der Waals surface area (Å²) in [7, 11) is 0. The second-order valence-corrected chi connectivity index (χ2v) is 14.0. The molecule has 0 aromatic rings. The number of amides is 3. The predicted molar refractivity (Wildman–Crippen MR) is 158 cm³/mol. The molecule has 2 saturated carbocycles. The molecule has 0 bridgehead atoms. The number of carbonyl (C=O) groups is 4. The maximum absolute atomic E-state index is 14.2. The molecule has 5 rings (SSSR count). The summed E-state index contributed by atoms with van der Waals surface area (Å²) in [5.74, 6) is -2.14. The lowest BCUT2D eigenvalue weighted by Gasteiger charge is -2.30. The van der Waals surface area contributed by atoms with Crippen molar-refractivity contribution in [3.63, 3.8) is 0 Å². The predicted octanol–water partition coefficient (Wildman–Crippen LogP) is 2.01. The minimum Gasteiger partial charge on any atom is -0.479 e. The minimum absolute atomic E-state index is 0.138. The molecular formula is C30H48FN7O6. The average Bonchev–Trinajstić information content (AvgIpc) is 3.26. The molecular weight excluding hydrogens is 573 g/mol. The Balaban J connectivity index is 1.36. The molecule has 6 N–H and O–H groups in total. The summed E-state index contributed by atoms with van der Waals surface area (Å²) in [6.07, 6.45) is 8.76. The molecule has 5 aliphatic rings. The average molecular weight is 622 g/mol. The highest BCUT2D eigenvalue weighted by molar-refractivity contribution is 5.96. The summed E-state index contributed by atoms with van der Waals surface area (Å²) < 4.78 is 19.2. The Morgan fingerprint density at radius 1 is 1.11 bits per heavy atom. The molecule has 44 heavy (non-hydrogen) atoms. The SMILES string of the molecule is CC(C)(C)OC(=O)N[C@@H]1CCCCC/C=C\[C@@H]2C[C@]2(C(=O)O)NC(=O)[C@@H]2C[C@H](N3NNC(C4CCC(F)CC4)N3)CN2C1=O. The van der Waals surface area contributed by atoms with Gasteiger partial charge >= 0.3 is 12.1 Å². The molecule has 246 valence electrons. The highest BCUT2D eigenvalue weighted by Gasteiger charge is 2.61.